The second kappa shape index (κ2) is 7.62. The molecule has 0 saturated carbocycles. The number of carbonyl (C=O) groups excluding carboxylic acids is 2. The number of amides is 1. The van der Waals surface area contributed by atoms with Crippen molar-refractivity contribution in [1.82, 2.24) is 15.5 Å². The highest BCUT2D eigenvalue weighted by Crippen LogP contribution is 2.07. The molecule has 1 heterocycles. The molecule has 0 spiro atoms. The van der Waals surface area contributed by atoms with Crippen LogP contribution in [0.2, 0.25) is 0 Å². The monoisotopic (exact) mass is 283 g/mol. The maximum atomic E-state index is 11.8. The molecule has 0 aliphatic heterocycles. The molecule has 0 bridgehead atoms. The van der Waals surface area contributed by atoms with Gasteiger partial charge in [-0.15, -0.1) is 0 Å². The molecule has 0 aliphatic rings. The number of hydrogen-bond donors (Lipinski definition) is 1. The largest absolute Gasteiger partial charge is 0.467 e. The van der Waals surface area contributed by atoms with E-state index in [1.807, 2.05) is 13.8 Å². The zero-order valence-corrected chi connectivity index (χ0v) is 12.3. The summed E-state index contributed by atoms with van der Waals surface area (Å²) < 4.78 is 9.61. The van der Waals surface area contributed by atoms with E-state index >= 15 is 0 Å². The lowest BCUT2D eigenvalue weighted by Crippen LogP contribution is -2.42. The summed E-state index contributed by atoms with van der Waals surface area (Å²) in [6.07, 6.45) is 1.08. The second-order valence-corrected chi connectivity index (χ2v) is 5.01. The van der Waals surface area contributed by atoms with Gasteiger partial charge in [0.1, 0.15) is 6.04 Å². The van der Waals surface area contributed by atoms with E-state index in [0.29, 0.717) is 24.6 Å². The molecule has 0 aliphatic carbocycles. The van der Waals surface area contributed by atoms with Crippen LogP contribution in [0.5, 0.6) is 0 Å². The van der Waals surface area contributed by atoms with Crippen LogP contribution in [0.15, 0.2) is 4.52 Å². The summed E-state index contributed by atoms with van der Waals surface area (Å²) in [6, 6.07) is -0.614. The molecule has 20 heavy (non-hydrogen) atoms. The molecule has 1 unspecified atom stereocenters. The molecule has 7 heteroatoms. The van der Waals surface area contributed by atoms with Crippen molar-refractivity contribution < 1.29 is 18.8 Å². The van der Waals surface area contributed by atoms with E-state index in [-0.39, 0.29) is 18.2 Å². The van der Waals surface area contributed by atoms with Crippen LogP contribution in [-0.2, 0) is 20.7 Å². The van der Waals surface area contributed by atoms with E-state index < -0.39 is 12.0 Å². The Labute approximate surface area is 118 Å². The molecule has 0 aromatic carbocycles. The van der Waals surface area contributed by atoms with E-state index in [4.69, 9.17) is 4.52 Å². The third kappa shape index (κ3) is 5.38. The van der Waals surface area contributed by atoms with Gasteiger partial charge in [0.2, 0.25) is 11.8 Å². The fourth-order valence-electron chi connectivity index (χ4n) is 1.76. The van der Waals surface area contributed by atoms with Crippen molar-refractivity contribution in [2.45, 2.75) is 46.1 Å². The zero-order chi connectivity index (χ0) is 15.1. The van der Waals surface area contributed by atoms with Gasteiger partial charge in [-0.3, -0.25) is 4.79 Å². The first-order valence-corrected chi connectivity index (χ1v) is 6.58. The molecule has 112 valence electrons. The fraction of sp³-hybridized carbons (Fsp3) is 0.692. The van der Waals surface area contributed by atoms with Crippen molar-refractivity contribution in [3.63, 3.8) is 0 Å². The summed E-state index contributed by atoms with van der Waals surface area (Å²) in [4.78, 5) is 27.4. The normalized spacial score (nSPS) is 12.2. The summed E-state index contributed by atoms with van der Waals surface area (Å²) in [5.41, 5.74) is 0. The van der Waals surface area contributed by atoms with E-state index in [0.717, 1.165) is 0 Å². The Kier molecular flexibility index (Phi) is 6.14. The van der Waals surface area contributed by atoms with Crippen LogP contribution in [-0.4, -0.2) is 35.2 Å². The SMILES string of the molecule is COC(=O)C(CC(C)C)NC(=O)CCc1nc(C)no1. The summed E-state index contributed by atoms with van der Waals surface area (Å²) in [5, 5.41) is 6.32. The van der Waals surface area contributed by atoms with Crippen molar-refractivity contribution in [2.75, 3.05) is 7.11 Å². The van der Waals surface area contributed by atoms with Crippen LogP contribution in [0, 0.1) is 12.8 Å². The standard InChI is InChI=1S/C13H21N3O4/c1-8(2)7-10(13(18)19-4)15-11(17)5-6-12-14-9(3)16-20-12/h8,10H,5-7H2,1-4H3,(H,15,17). The lowest BCUT2D eigenvalue weighted by molar-refractivity contribution is -0.145. The van der Waals surface area contributed by atoms with Gasteiger partial charge >= 0.3 is 5.97 Å². The molecule has 1 aromatic heterocycles. The van der Waals surface area contributed by atoms with Gasteiger partial charge in [0.05, 0.1) is 7.11 Å². The number of nitrogens with one attached hydrogen (secondary N) is 1. The van der Waals surface area contributed by atoms with Gasteiger partial charge < -0.3 is 14.6 Å². The third-order valence-corrected chi connectivity index (χ3v) is 2.66. The van der Waals surface area contributed by atoms with Crippen LogP contribution < -0.4 is 5.32 Å². The van der Waals surface area contributed by atoms with E-state index in [1.165, 1.54) is 7.11 Å². The number of aromatic nitrogens is 2. The molecule has 1 atom stereocenters. The van der Waals surface area contributed by atoms with E-state index in [2.05, 4.69) is 20.2 Å². The molecule has 1 aromatic rings. The van der Waals surface area contributed by atoms with Gasteiger partial charge in [-0.1, -0.05) is 19.0 Å². The Morgan fingerprint density at radius 3 is 2.60 bits per heavy atom. The average Bonchev–Trinajstić information content (AvgIpc) is 2.80. The predicted octanol–water partition coefficient (Wildman–Crippen LogP) is 1.01. The summed E-state index contributed by atoms with van der Waals surface area (Å²) in [7, 11) is 1.31. The number of nitrogens with zero attached hydrogens (tertiary/aromatic N) is 2. The maximum Gasteiger partial charge on any atom is 0.328 e. The molecule has 1 amide bonds. The minimum atomic E-state index is -0.614. The topological polar surface area (TPSA) is 94.3 Å². The van der Waals surface area contributed by atoms with Gasteiger partial charge in [-0.2, -0.15) is 4.98 Å². The number of rotatable bonds is 7. The van der Waals surface area contributed by atoms with Crippen molar-refractivity contribution in [1.29, 1.82) is 0 Å². The molecule has 0 saturated heterocycles. The zero-order valence-electron chi connectivity index (χ0n) is 12.3. The first kappa shape index (κ1) is 16.1. The number of methoxy groups -OCH3 is 1. The van der Waals surface area contributed by atoms with Crippen molar-refractivity contribution in [3.05, 3.63) is 11.7 Å². The van der Waals surface area contributed by atoms with Crippen LogP contribution in [0.1, 0.15) is 38.4 Å². The van der Waals surface area contributed by atoms with Crippen LogP contribution in [0.4, 0.5) is 0 Å². The predicted molar refractivity (Wildman–Crippen MR) is 70.8 cm³/mol. The van der Waals surface area contributed by atoms with Gasteiger partial charge in [-0.05, 0) is 19.3 Å². The molecular weight excluding hydrogens is 262 g/mol. The summed E-state index contributed by atoms with van der Waals surface area (Å²) >= 11 is 0. The van der Waals surface area contributed by atoms with E-state index in [1.54, 1.807) is 6.92 Å². The van der Waals surface area contributed by atoms with Crippen LogP contribution in [0.25, 0.3) is 0 Å². The second-order valence-electron chi connectivity index (χ2n) is 5.01. The third-order valence-electron chi connectivity index (χ3n) is 2.66. The fourth-order valence-corrected chi connectivity index (χ4v) is 1.76. The van der Waals surface area contributed by atoms with Gasteiger partial charge in [0.25, 0.3) is 0 Å². The number of ether oxygens (including phenoxy) is 1. The summed E-state index contributed by atoms with van der Waals surface area (Å²) in [6.45, 7) is 5.66. The number of esters is 1. The Hall–Kier alpha value is -1.92. The van der Waals surface area contributed by atoms with E-state index in [9.17, 15) is 9.59 Å². The number of carbonyl (C=O) groups is 2. The Balaban J connectivity index is 2.46. The smallest absolute Gasteiger partial charge is 0.328 e. The van der Waals surface area contributed by atoms with Crippen molar-refractivity contribution in [2.24, 2.45) is 5.92 Å². The molecule has 0 radical (unpaired) electrons. The minimum absolute atomic E-state index is 0.188. The number of hydrogen-bond acceptors (Lipinski definition) is 6. The van der Waals surface area contributed by atoms with Gasteiger partial charge in [-0.25, -0.2) is 4.79 Å². The molecule has 1 N–H and O–H groups in total. The van der Waals surface area contributed by atoms with Crippen LogP contribution in [0.3, 0.4) is 0 Å². The van der Waals surface area contributed by atoms with Crippen LogP contribution >= 0.6 is 0 Å². The highest BCUT2D eigenvalue weighted by molar-refractivity contribution is 5.84. The quantitative estimate of drug-likeness (QED) is 0.751. The molecule has 1 rings (SSSR count). The molecule has 7 nitrogen and oxygen atoms in total. The lowest BCUT2D eigenvalue weighted by atomic mass is 10.0. The molecule has 0 fully saturated rings. The first-order valence-electron chi connectivity index (χ1n) is 6.58. The Morgan fingerprint density at radius 1 is 1.40 bits per heavy atom. The highest BCUT2D eigenvalue weighted by atomic mass is 16.5. The summed E-state index contributed by atoms with van der Waals surface area (Å²) in [5.74, 6) is 0.555. The highest BCUT2D eigenvalue weighted by Gasteiger charge is 2.22. The lowest BCUT2D eigenvalue weighted by Gasteiger charge is -2.18. The Bertz CT molecular complexity index is 456. The van der Waals surface area contributed by atoms with Crippen molar-refractivity contribution in [3.8, 4) is 0 Å². The van der Waals surface area contributed by atoms with Crippen molar-refractivity contribution >= 4 is 11.9 Å². The molecular formula is C13H21N3O4. The van der Waals surface area contributed by atoms with Gasteiger partial charge in [0.15, 0.2) is 5.82 Å². The maximum absolute atomic E-state index is 11.8. The first-order chi connectivity index (χ1) is 9.42. The average molecular weight is 283 g/mol. The minimum Gasteiger partial charge on any atom is -0.467 e. The Morgan fingerprint density at radius 2 is 2.10 bits per heavy atom. The van der Waals surface area contributed by atoms with Gasteiger partial charge in [0, 0.05) is 12.8 Å². The number of aryl methyl sites for hydroxylation is 2.